The second kappa shape index (κ2) is 12.3. The highest BCUT2D eigenvalue weighted by Crippen LogP contribution is 2.20. The van der Waals surface area contributed by atoms with E-state index in [0.29, 0.717) is 29.0 Å². The molecule has 0 radical (unpaired) electrons. The van der Waals surface area contributed by atoms with Gasteiger partial charge in [-0.2, -0.15) is 18.5 Å². The summed E-state index contributed by atoms with van der Waals surface area (Å²) in [5.41, 5.74) is 2.12. The minimum absolute atomic E-state index is 0. The Kier molecular flexibility index (Phi) is 9.50. The molecule has 1 saturated heterocycles. The lowest BCUT2D eigenvalue weighted by Crippen LogP contribution is -2.35. The number of hydrogen-bond acceptors (Lipinski definition) is 7. The van der Waals surface area contributed by atoms with E-state index in [1.165, 1.54) is 0 Å². The number of amides is 1. The number of benzene rings is 1. The number of aryl methyl sites for hydroxylation is 1. The number of ether oxygens (including phenoxy) is 1. The average Bonchev–Trinajstić information content (AvgIpc) is 3.30. The molecule has 2 N–H and O–H groups in total. The molecule has 1 amide bonds. The molecule has 188 valence electrons. The van der Waals surface area contributed by atoms with Crippen LogP contribution in [0.1, 0.15) is 40.5 Å². The Labute approximate surface area is 217 Å². The fraction of sp³-hybridized carbons (Fsp3) is 0.417. The van der Waals surface area contributed by atoms with Crippen LogP contribution in [0.2, 0.25) is 5.02 Å². The zero-order valence-corrected chi connectivity index (χ0v) is 21.9. The lowest BCUT2D eigenvalue weighted by molar-refractivity contribution is 0.0902. The number of carbonyl (C=O) groups is 1. The Bertz CT molecular complexity index is 1130. The molecule has 11 heteroatoms. The number of nitrogens with one attached hydrogen (secondary N) is 2. The van der Waals surface area contributed by atoms with Crippen LogP contribution < -0.4 is 10.6 Å². The Morgan fingerprint density at radius 1 is 1.29 bits per heavy atom. The Morgan fingerprint density at radius 2 is 2.06 bits per heavy atom. The molecule has 3 aromatic rings. The number of rotatable bonds is 8. The standard InChI is InChI=1S/C24H30ClN7O2.H2S/c1-16-12-26-24(28-19-7-9-34-10-8-19)30-22(16)32-14-21(27-15-32)23(33)29-20(13-31(2)3)17-5-4-6-18(25)11-17;/h4-6,11-12,14-15,19-20H,7-10,13H2,1-3H3,(H,29,33)(H,26,28,30);1H2/t20-;/m1./s1. The zero-order chi connectivity index (χ0) is 24.1. The lowest BCUT2D eigenvalue weighted by Gasteiger charge is -2.23. The molecule has 1 aromatic carbocycles. The summed E-state index contributed by atoms with van der Waals surface area (Å²) in [6.45, 7) is 4.03. The summed E-state index contributed by atoms with van der Waals surface area (Å²) in [5, 5.41) is 7.09. The van der Waals surface area contributed by atoms with E-state index in [4.69, 9.17) is 16.3 Å². The van der Waals surface area contributed by atoms with Crippen LogP contribution in [0.5, 0.6) is 0 Å². The van der Waals surface area contributed by atoms with E-state index >= 15 is 0 Å². The highest BCUT2D eigenvalue weighted by Gasteiger charge is 2.20. The van der Waals surface area contributed by atoms with Gasteiger partial charge in [0.25, 0.3) is 5.91 Å². The fourth-order valence-electron chi connectivity index (χ4n) is 3.90. The van der Waals surface area contributed by atoms with Crippen molar-refractivity contribution < 1.29 is 9.53 Å². The zero-order valence-electron chi connectivity index (χ0n) is 20.2. The molecule has 0 aliphatic carbocycles. The molecule has 35 heavy (non-hydrogen) atoms. The van der Waals surface area contributed by atoms with Gasteiger partial charge >= 0.3 is 0 Å². The van der Waals surface area contributed by atoms with Crippen molar-refractivity contribution in [3.63, 3.8) is 0 Å². The van der Waals surface area contributed by atoms with Crippen LogP contribution in [0.15, 0.2) is 43.0 Å². The molecule has 1 aliphatic rings. The third-order valence-corrected chi connectivity index (χ3v) is 5.90. The van der Waals surface area contributed by atoms with E-state index in [2.05, 4.69) is 25.6 Å². The van der Waals surface area contributed by atoms with Gasteiger partial charge in [-0.3, -0.25) is 9.36 Å². The smallest absolute Gasteiger partial charge is 0.272 e. The molecule has 0 spiro atoms. The number of imidazole rings is 1. The third-order valence-electron chi connectivity index (χ3n) is 5.66. The van der Waals surface area contributed by atoms with Crippen molar-refractivity contribution in [1.82, 2.24) is 29.7 Å². The largest absolute Gasteiger partial charge is 0.381 e. The predicted molar refractivity (Wildman–Crippen MR) is 142 cm³/mol. The van der Waals surface area contributed by atoms with Crippen LogP contribution in [0, 0.1) is 6.92 Å². The van der Waals surface area contributed by atoms with Gasteiger partial charge < -0.3 is 20.3 Å². The van der Waals surface area contributed by atoms with Gasteiger partial charge in [0.05, 0.1) is 6.04 Å². The minimum Gasteiger partial charge on any atom is -0.381 e. The summed E-state index contributed by atoms with van der Waals surface area (Å²) in [5.74, 6) is 0.966. The minimum atomic E-state index is -0.266. The molecular formula is C24H32ClN7O2S. The molecule has 2 aromatic heterocycles. The van der Waals surface area contributed by atoms with E-state index in [1.807, 2.05) is 50.2 Å². The predicted octanol–water partition coefficient (Wildman–Crippen LogP) is 3.36. The Morgan fingerprint density at radius 3 is 2.77 bits per heavy atom. The number of aromatic nitrogens is 4. The topological polar surface area (TPSA) is 97.2 Å². The van der Waals surface area contributed by atoms with E-state index in [1.54, 1.807) is 23.3 Å². The van der Waals surface area contributed by atoms with Gasteiger partial charge in [0.2, 0.25) is 5.95 Å². The quantitative estimate of drug-likeness (QED) is 0.473. The number of likely N-dealkylation sites (N-methyl/N-ethyl adjacent to an activating group) is 1. The van der Waals surface area contributed by atoms with Gasteiger partial charge in [0.15, 0.2) is 0 Å². The molecule has 1 fully saturated rings. The first-order valence-corrected chi connectivity index (χ1v) is 11.7. The van der Waals surface area contributed by atoms with Crippen LogP contribution in [0.25, 0.3) is 5.82 Å². The van der Waals surface area contributed by atoms with Gasteiger partial charge in [-0.15, -0.1) is 0 Å². The SMILES string of the molecule is Cc1cnc(NC2CCOCC2)nc1-n1cnc(C(=O)N[C@H](CN(C)C)c2cccc(Cl)c2)c1.S. The molecule has 0 saturated carbocycles. The normalized spacial score (nSPS) is 14.9. The first-order valence-electron chi connectivity index (χ1n) is 11.3. The van der Waals surface area contributed by atoms with Crippen LogP contribution in [0.4, 0.5) is 5.95 Å². The Balaban J connectivity index is 0.00000342. The maximum Gasteiger partial charge on any atom is 0.272 e. The van der Waals surface area contributed by atoms with Crippen molar-refractivity contribution in [1.29, 1.82) is 0 Å². The van der Waals surface area contributed by atoms with E-state index < -0.39 is 0 Å². The number of hydrogen-bond donors (Lipinski definition) is 2. The number of carbonyl (C=O) groups excluding carboxylic acids is 1. The second-order valence-corrected chi connectivity index (χ2v) is 9.18. The van der Waals surface area contributed by atoms with E-state index in [-0.39, 0.29) is 31.5 Å². The van der Waals surface area contributed by atoms with Crippen LogP contribution >= 0.6 is 25.1 Å². The summed E-state index contributed by atoms with van der Waals surface area (Å²) in [6.07, 6.45) is 6.90. The van der Waals surface area contributed by atoms with Crippen molar-refractivity contribution in [2.24, 2.45) is 0 Å². The van der Waals surface area contributed by atoms with Gasteiger partial charge in [-0.1, -0.05) is 23.7 Å². The molecule has 1 aliphatic heterocycles. The van der Waals surface area contributed by atoms with Crippen molar-refractivity contribution in [2.45, 2.75) is 31.8 Å². The number of anilines is 1. The second-order valence-electron chi connectivity index (χ2n) is 8.74. The molecule has 4 rings (SSSR count). The third kappa shape index (κ3) is 7.17. The van der Waals surface area contributed by atoms with Crippen molar-refractivity contribution in [2.75, 3.05) is 39.2 Å². The first-order chi connectivity index (χ1) is 16.4. The molecule has 0 unspecified atom stereocenters. The molecule has 0 bridgehead atoms. The average molecular weight is 518 g/mol. The fourth-order valence-corrected chi connectivity index (χ4v) is 4.10. The lowest BCUT2D eigenvalue weighted by atomic mass is 10.1. The maximum absolute atomic E-state index is 13.1. The Hall–Kier alpha value is -2.66. The van der Waals surface area contributed by atoms with Crippen molar-refractivity contribution in [3.05, 3.63) is 64.8 Å². The van der Waals surface area contributed by atoms with E-state index in [9.17, 15) is 4.79 Å². The highest BCUT2D eigenvalue weighted by atomic mass is 35.5. The van der Waals surface area contributed by atoms with Gasteiger partial charge in [0.1, 0.15) is 17.8 Å². The van der Waals surface area contributed by atoms with E-state index in [0.717, 1.165) is 37.2 Å². The number of nitrogens with zero attached hydrogens (tertiary/aromatic N) is 5. The summed E-state index contributed by atoms with van der Waals surface area (Å²) in [4.78, 5) is 28.5. The van der Waals surface area contributed by atoms with Crippen molar-refractivity contribution >= 4 is 37.0 Å². The monoisotopic (exact) mass is 517 g/mol. The molecular weight excluding hydrogens is 486 g/mol. The van der Waals surface area contributed by atoms with Crippen molar-refractivity contribution in [3.8, 4) is 5.82 Å². The van der Waals surface area contributed by atoms with Crippen LogP contribution in [0.3, 0.4) is 0 Å². The summed E-state index contributed by atoms with van der Waals surface area (Å²) < 4.78 is 7.17. The molecule has 9 nitrogen and oxygen atoms in total. The summed E-state index contributed by atoms with van der Waals surface area (Å²) >= 11 is 6.17. The van der Waals surface area contributed by atoms with Crippen LogP contribution in [-0.4, -0.2) is 70.2 Å². The maximum atomic E-state index is 13.1. The van der Waals surface area contributed by atoms with Gasteiger partial charge in [0, 0.05) is 48.8 Å². The van der Waals surface area contributed by atoms with Gasteiger partial charge in [-0.25, -0.2) is 9.97 Å². The van der Waals surface area contributed by atoms with Gasteiger partial charge in [-0.05, 0) is 51.6 Å². The highest BCUT2D eigenvalue weighted by molar-refractivity contribution is 7.59. The van der Waals surface area contributed by atoms with Crippen LogP contribution in [-0.2, 0) is 4.74 Å². The molecule has 3 heterocycles. The number of halogens is 1. The summed E-state index contributed by atoms with van der Waals surface area (Å²) in [6, 6.07) is 7.57. The first kappa shape index (κ1) is 26.9. The summed E-state index contributed by atoms with van der Waals surface area (Å²) in [7, 11) is 3.92. The molecule has 1 atom stereocenters.